The van der Waals surface area contributed by atoms with Crippen LogP contribution in [0.5, 0.6) is 11.5 Å². The normalized spacial score (nSPS) is 31.1. The number of likely N-dealkylation sites (N-methyl/N-ethyl adjacent to an activating group) is 1. The van der Waals surface area contributed by atoms with E-state index in [1.807, 2.05) is 13.1 Å². The Bertz CT molecular complexity index is 1150. The van der Waals surface area contributed by atoms with Crippen LogP contribution in [-0.2, 0) is 35.7 Å². The van der Waals surface area contributed by atoms with Crippen molar-refractivity contribution in [3.05, 3.63) is 35.1 Å². The fraction of sp³-hybridized carbons (Fsp3) is 0.542. The molecule has 1 aromatic rings. The SMILES string of the molecule is C[C@H](OC(=O)C[C@H](O)C(=O)O)C(=O)OC1=CC[C@@]2(O)[C@@H]3Cc4ccc(O)c5c4[C@@]2(CCN3C)[C@H]1O5.Cl. The third kappa shape index (κ3) is 3.56. The molecule has 0 unspecified atom stereocenters. The van der Waals surface area contributed by atoms with Crippen molar-refractivity contribution in [2.45, 2.75) is 68.0 Å². The minimum atomic E-state index is -1.94. The summed E-state index contributed by atoms with van der Waals surface area (Å²) in [6.07, 6.45) is -2.12. The highest BCUT2D eigenvalue weighted by Gasteiger charge is 2.72. The number of carboxylic acids is 1. The molecular formula is C24H28ClNO10. The van der Waals surface area contributed by atoms with Crippen molar-refractivity contribution in [3.8, 4) is 11.5 Å². The van der Waals surface area contributed by atoms with Crippen LogP contribution in [0.2, 0.25) is 0 Å². The maximum Gasteiger partial charge on any atom is 0.352 e. The number of nitrogens with zero attached hydrogens (tertiary/aromatic N) is 1. The number of likely N-dealkylation sites (tertiary alicyclic amines) is 1. The second kappa shape index (κ2) is 8.91. The van der Waals surface area contributed by atoms with Gasteiger partial charge in [-0.15, -0.1) is 12.4 Å². The molecule has 4 N–H and O–H groups in total. The number of carboxylic acid groups (broad SMARTS) is 1. The number of hydrogen-bond acceptors (Lipinski definition) is 10. The Morgan fingerprint density at radius 2 is 2.03 bits per heavy atom. The number of piperidine rings is 1. The summed E-state index contributed by atoms with van der Waals surface area (Å²) in [6, 6.07) is 3.20. The largest absolute Gasteiger partial charge is 0.504 e. The number of aliphatic hydroxyl groups excluding tert-OH is 1. The van der Waals surface area contributed by atoms with Gasteiger partial charge >= 0.3 is 17.9 Å². The highest BCUT2D eigenvalue weighted by molar-refractivity contribution is 5.85. The number of phenolic OH excluding ortho intramolecular Hbond substituents is 1. The third-order valence-corrected chi connectivity index (χ3v) is 7.86. The van der Waals surface area contributed by atoms with Gasteiger partial charge in [-0.1, -0.05) is 6.07 Å². The average molecular weight is 526 g/mol. The smallest absolute Gasteiger partial charge is 0.352 e. The number of aromatic hydroxyl groups is 1. The molecule has 2 aliphatic heterocycles. The zero-order valence-corrected chi connectivity index (χ0v) is 20.5. The van der Waals surface area contributed by atoms with Crippen molar-refractivity contribution < 1.29 is 49.0 Å². The summed E-state index contributed by atoms with van der Waals surface area (Å²) < 4.78 is 16.7. The molecule has 0 aromatic heterocycles. The molecule has 0 saturated carbocycles. The van der Waals surface area contributed by atoms with Gasteiger partial charge in [-0.25, -0.2) is 9.59 Å². The molecule has 4 aliphatic rings. The van der Waals surface area contributed by atoms with Crippen molar-refractivity contribution in [1.82, 2.24) is 4.90 Å². The van der Waals surface area contributed by atoms with Gasteiger partial charge < -0.3 is 39.5 Å². The summed E-state index contributed by atoms with van der Waals surface area (Å²) in [5.41, 5.74) is -0.425. The van der Waals surface area contributed by atoms with E-state index in [-0.39, 0.29) is 42.1 Å². The van der Waals surface area contributed by atoms with Gasteiger partial charge in [0.25, 0.3) is 0 Å². The molecule has 36 heavy (non-hydrogen) atoms. The lowest BCUT2D eigenvalue weighted by Crippen LogP contribution is -2.74. The van der Waals surface area contributed by atoms with Gasteiger partial charge in [-0.2, -0.15) is 0 Å². The maximum absolute atomic E-state index is 12.8. The van der Waals surface area contributed by atoms with Gasteiger partial charge in [0.1, 0.15) is 5.76 Å². The van der Waals surface area contributed by atoms with Gasteiger partial charge in [-0.3, -0.25) is 4.79 Å². The van der Waals surface area contributed by atoms with Crippen LogP contribution in [0.1, 0.15) is 37.3 Å². The first kappa shape index (κ1) is 26.2. The Labute approximate surface area is 212 Å². The molecule has 1 saturated heterocycles. The Morgan fingerprint density at radius 1 is 1.31 bits per heavy atom. The topological polar surface area (TPSA) is 163 Å². The summed E-state index contributed by atoms with van der Waals surface area (Å²) in [5.74, 6) is -3.20. The number of aliphatic carboxylic acids is 1. The van der Waals surface area contributed by atoms with E-state index >= 15 is 0 Å². The fourth-order valence-corrected chi connectivity index (χ4v) is 6.18. The van der Waals surface area contributed by atoms with E-state index in [4.69, 9.17) is 19.3 Å². The van der Waals surface area contributed by atoms with E-state index in [1.165, 1.54) is 6.92 Å². The van der Waals surface area contributed by atoms with E-state index in [2.05, 4.69) is 4.90 Å². The number of carbonyl (C=O) groups is 3. The molecule has 5 rings (SSSR count). The molecule has 2 heterocycles. The fourth-order valence-electron chi connectivity index (χ4n) is 6.18. The second-order valence-corrected chi connectivity index (χ2v) is 9.71. The first-order valence-electron chi connectivity index (χ1n) is 11.5. The van der Waals surface area contributed by atoms with Crippen LogP contribution in [0, 0.1) is 0 Å². The number of benzene rings is 1. The molecule has 2 aliphatic carbocycles. The molecular weight excluding hydrogens is 498 g/mol. The van der Waals surface area contributed by atoms with Crippen molar-refractivity contribution in [2.75, 3.05) is 13.6 Å². The van der Waals surface area contributed by atoms with Crippen LogP contribution in [0.4, 0.5) is 0 Å². The number of phenols is 1. The van der Waals surface area contributed by atoms with E-state index in [9.17, 15) is 29.7 Å². The van der Waals surface area contributed by atoms with Gasteiger partial charge in [-0.05, 0) is 51.1 Å². The van der Waals surface area contributed by atoms with Crippen LogP contribution >= 0.6 is 12.4 Å². The monoisotopic (exact) mass is 525 g/mol. The lowest BCUT2D eigenvalue weighted by molar-refractivity contribution is -0.176. The Balaban J connectivity index is 0.00000304. The molecule has 11 nitrogen and oxygen atoms in total. The van der Waals surface area contributed by atoms with E-state index in [0.717, 1.165) is 11.1 Å². The standard InChI is InChI=1S/C24H27NO10.ClH/c1-11(33-17(28)10-14(27)21(29)30)22(31)34-15-5-6-24(32)16-9-12-3-4-13(26)19-18(12)23(24,20(15)35-19)7-8-25(16)2;/h3-5,11,14,16,20,26-27,32H,6-10H2,1-2H3,(H,29,30);1H/t11-,14-,16-,20-,23-,24+;/m0./s1. The predicted molar refractivity (Wildman–Crippen MR) is 124 cm³/mol. The van der Waals surface area contributed by atoms with E-state index < -0.39 is 53.7 Å². The van der Waals surface area contributed by atoms with Crippen molar-refractivity contribution in [2.24, 2.45) is 0 Å². The average Bonchev–Trinajstić information content (AvgIpc) is 3.15. The third-order valence-electron chi connectivity index (χ3n) is 7.86. The van der Waals surface area contributed by atoms with Crippen LogP contribution in [0.25, 0.3) is 0 Å². The van der Waals surface area contributed by atoms with Gasteiger partial charge in [0.05, 0.1) is 17.4 Å². The van der Waals surface area contributed by atoms with Gasteiger partial charge in [0.15, 0.2) is 29.8 Å². The lowest BCUT2D eigenvalue weighted by atomic mass is 9.50. The zero-order chi connectivity index (χ0) is 25.3. The highest BCUT2D eigenvalue weighted by Crippen LogP contribution is 2.65. The quantitative estimate of drug-likeness (QED) is 0.380. The summed E-state index contributed by atoms with van der Waals surface area (Å²) in [5, 5.41) is 40.6. The number of rotatable bonds is 6. The van der Waals surface area contributed by atoms with Crippen molar-refractivity contribution in [3.63, 3.8) is 0 Å². The van der Waals surface area contributed by atoms with Crippen LogP contribution in [0.3, 0.4) is 0 Å². The predicted octanol–water partition coefficient (Wildman–Crippen LogP) is 0.402. The number of halogens is 1. The van der Waals surface area contributed by atoms with Gasteiger partial charge in [0, 0.05) is 18.0 Å². The van der Waals surface area contributed by atoms with Crippen LogP contribution in [0.15, 0.2) is 24.0 Å². The Hall–Kier alpha value is -2.86. The number of hydrogen-bond donors (Lipinski definition) is 4. The zero-order valence-electron chi connectivity index (χ0n) is 19.7. The first-order valence-corrected chi connectivity index (χ1v) is 11.5. The molecule has 1 fully saturated rings. The maximum atomic E-state index is 12.8. The number of esters is 2. The minimum Gasteiger partial charge on any atom is -0.504 e. The lowest BCUT2D eigenvalue weighted by Gasteiger charge is -2.61. The van der Waals surface area contributed by atoms with Crippen LogP contribution in [-0.4, -0.2) is 86.8 Å². The summed E-state index contributed by atoms with van der Waals surface area (Å²) >= 11 is 0. The molecule has 1 aromatic carbocycles. The minimum absolute atomic E-state index is 0. The molecule has 12 heteroatoms. The van der Waals surface area contributed by atoms with E-state index in [1.54, 1.807) is 12.1 Å². The van der Waals surface area contributed by atoms with Gasteiger partial charge in [0.2, 0.25) is 0 Å². The molecule has 196 valence electrons. The summed E-state index contributed by atoms with van der Waals surface area (Å²) in [6.45, 7) is 1.94. The molecule has 0 amide bonds. The second-order valence-electron chi connectivity index (χ2n) is 9.71. The number of aliphatic hydroxyl groups is 2. The van der Waals surface area contributed by atoms with Crippen molar-refractivity contribution >= 4 is 30.3 Å². The number of ether oxygens (including phenoxy) is 3. The van der Waals surface area contributed by atoms with E-state index in [0.29, 0.717) is 19.4 Å². The molecule has 6 atom stereocenters. The van der Waals surface area contributed by atoms with Crippen LogP contribution < -0.4 is 4.74 Å². The number of carbonyl (C=O) groups excluding carboxylic acids is 2. The van der Waals surface area contributed by atoms with Crippen molar-refractivity contribution in [1.29, 1.82) is 0 Å². The summed E-state index contributed by atoms with van der Waals surface area (Å²) in [4.78, 5) is 37.5. The molecule has 1 spiro atoms. The first-order chi connectivity index (χ1) is 16.5. The molecule has 2 bridgehead atoms. The molecule has 0 radical (unpaired) electrons. The Kier molecular flexibility index (Phi) is 6.49. The summed E-state index contributed by atoms with van der Waals surface area (Å²) in [7, 11) is 1.96. The highest BCUT2D eigenvalue weighted by atomic mass is 35.5. The Morgan fingerprint density at radius 3 is 2.72 bits per heavy atom.